The highest BCUT2D eigenvalue weighted by Gasteiger charge is 2.08. The summed E-state index contributed by atoms with van der Waals surface area (Å²) in [4.78, 5) is 0. The average molecular weight is 229 g/mol. The minimum atomic E-state index is 0.159. The number of nitrogens with one attached hydrogen (secondary N) is 2. The van der Waals surface area contributed by atoms with Gasteiger partial charge in [-0.05, 0) is 43.5 Å². The van der Waals surface area contributed by atoms with Gasteiger partial charge in [0, 0.05) is 0 Å². The predicted molar refractivity (Wildman–Crippen MR) is 70.0 cm³/mol. The second-order valence-electron chi connectivity index (χ2n) is 4.05. The molecule has 1 aromatic carbocycles. The Morgan fingerprint density at radius 3 is 3.00 bits per heavy atom. The Hall–Kier alpha value is -2.10. The molecule has 0 bridgehead atoms. The number of allylic oxidation sites excluding steroid dienone is 2. The molecule has 1 aliphatic rings. The number of aromatic hydroxyl groups is 1. The van der Waals surface area contributed by atoms with E-state index in [4.69, 9.17) is 5.41 Å². The first-order valence-corrected chi connectivity index (χ1v) is 5.54. The molecule has 2 rings (SSSR count). The van der Waals surface area contributed by atoms with Crippen LogP contribution in [0.2, 0.25) is 0 Å². The number of anilines is 1. The molecule has 0 saturated carbocycles. The van der Waals surface area contributed by atoms with E-state index in [1.54, 1.807) is 6.07 Å². The third kappa shape index (κ3) is 2.72. The molecular formula is C13H15N3O. The van der Waals surface area contributed by atoms with Gasteiger partial charge in [0.2, 0.25) is 0 Å². The van der Waals surface area contributed by atoms with Gasteiger partial charge in [0.1, 0.15) is 11.5 Å². The van der Waals surface area contributed by atoms with Crippen molar-refractivity contribution in [1.29, 1.82) is 5.41 Å². The van der Waals surface area contributed by atoms with Gasteiger partial charge >= 0.3 is 0 Å². The number of hydrogen-bond acceptors (Lipinski definition) is 4. The quantitative estimate of drug-likeness (QED) is 0.539. The largest absolute Gasteiger partial charge is 0.506 e. The van der Waals surface area contributed by atoms with Crippen LogP contribution >= 0.6 is 0 Å². The van der Waals surface area contributed by atoms with Gasteiger partial charge in [0.15, 0.2) is 0 Å². The first-order valence-electron chi connectivity index (χ1n) is 5.54. The van der Waals surface area contributed by atoms with Crippen LogP contribution in [0.4, 0.5) is 5.69 Å². The van der Waals surface area contributed by atoms with Gasteiger partial charge in [-0.15, -0.1) is 0 Å². The number of hydrazone groups is 1. The number of phenols is 1. The van der Waals surface area contributed by atoms with Crippen LogP contribution in [0.25, 0.3) is 0 Å². The molecule has 0 aromatic heterocycles. The lowest BCUT2D eigenvalue weighted by Gasteiger charge is -2.09. The zero-order valence-corrected chi connectivity index (χ0v) is 9.70. The molecule has 0 heterocycles. The van der Waals surface area contributed by atoms with Crippen LogP contribution in [-0.4, -0.2) is 16.5 Å². The third-order valence-corrected chi connectivity index (χ3v) is 2.59. The highest BCUT2D eigenvalue weighted by atomic mass is 16.3. The summed E-state index contributed by atoms with van der Waals surface area (Å²) in [5.74, 6) is 0.159. The maximum atomic E-state index is 9.63. The van der Waals surface area contributed by atoms with Crippen molar-refractivity contribution < 1.29 is 5.11 Å². The van der Waals surface area contributed by atoms with E-state index in [2.05, 4.69) is 10.5 Å². The molecule has 0 spiro atoms. The number of benzene rings is 1. The summed E-state index contributed by atoms with van der Waals surface area (Å²) in [6.07, 6.45) is 5.44. The van der Waals surface area contributed by atoms with E-state index in [0.717, 1.165) is 18.4 Å². The number of aryl methyl sites for hydroxylation is 1. The van der Waals surface area contributed by atoms with E-state index >= 15 is 0 Å². The van der Waals surface area contributed by atoms with Crippen molar-refractivity contribution >= 4 is 17.1 Å². The molecule has 0 saturated heterocycles. The molecule has 0 fully saturated rings. The molecule has 17 heavy (non-hydrogen) atoms. The zero-order valence-electron chi connectivity index (χ0n) is 9.70. The molecule has 1 aliphatic carbocycles. The van der Waals surface area contributed by atoms with E-state index in [1.165, 1.54) is 0 Å². The van der Waals surface area contributed by atoms with E-state index in [9.17, 15) is 5.11 Å². The summed E-state index contributed by atoms with van der Waals surface area (Å²) in [6.45, 7) is 1.94. The van der Waals surface area contributed by atoms with Crippen LogP contribution < -0.4 is 5.43 Å². The van der Waals surface area contributed by atoms with Crippen molar-refractivity contribution in [1.82, 2.24) is 0 Å². The Morgan fingerprint density at radius 2 is 2.24 bits per heavy atom. The number of nitrogens with zero attached hydrogens (tertiary/aromatic N) is 1. The first kappa shape index (κ1) is 11.4. The Morgan fingerprint density at radius 1 is 1.41 bits per heavy atom. The smallest absolute Gasteiger partial charge is 0.140 e. The van der Waals surface area contributed by atoms with E-state index in [0.29, 0.717) is 17.1 Å². The SMILES string of the molecule is Cc1ccc(O)c(N/N=C2/C=CCCC2=N)c1. The van der Waals surface area contributed by atoms with Crippen LogP contribution in [0.3, 0.4) is 0 Å². The Kier molecular flexibility index (Phi) is 3.23. The summed E-state index contributed by atoms with van der Waals surface area (Å²) >= 11 is 0. The lowest BCUT2D eigenvalue weighted by Crippen LogP contribution is -2.15. The van der Waals surface area contributed by atoms with Gasteiger partial charge in [0.05, 0.1) is 11.4 Å². The molecule has 0 unspecified atom stereocenters. The average Bonchev–Trinajstić information content (AvgIpc) is 2.32. The molecule has 4 heteroatoms. The Labute approximate surface area is 100 Å². The molecule has 4 nitrogen and oxygen atoms in total. The minimum Gasteiger partial charge on any atom is -0.506 e. The monoisotopic (exact) mass is 229 g/mol. The first-order chi connectivity index (χ1) is 8.16. The Bertz CT molecular complexity index is 503. The predicted octanol–water partition coefficient (Wildman–Crippen LogP) is 2.84. The van der Waals surface area contributed by atoms with Crippen molar-refractivity contribution in [2.75, 3.05) is 5.43 Å². The number of hydrogen-bond donors (Lipinski definition) is 3. The second kappa shape index (κ2) is 4.82. The second-order valence-corrected chi connectivity index (χ2v) is 4.05. The molecule has 0 atom stereocenters. The lowest BCUT2D eigenvalue weighted by atomic mass is 10.0. The molecule has 1 aromatic rings. The topological polar surface area (TPSA) is 68.5 Å². The van der Waals surface area contributed by atoms with Gasteiger partial charge in [-0.25, -0.2) is 0 Å². The fraction of sp³-hybridized carbons (Fsp3) is 0.231. The maximum Gasteiger partial charge on any atom is 0.140 e. The van der Waals surface area contributed by atoms with Crippen LogP contribution in [0.5, 0.6) is 5.75 Å². The summed E-state index contributed by atoms with van der Waals surface area (Å²) < 4.78 is 0. The lowest BCUT2D eigenvalue weighted by molar-refractivity contribution is 0.477. The molecule has 0 radical (unpaired) electrons. The molecule has 88 valence electrons. The van der Waals surface area contributed by atoms with Crippen LogP contribution in [0.15, 0.2) is 35.5 Å². The van der Waals surface area contributed by atoms with Crippen molar-refractivity contribution in [3.63, 3.8) is 0 Å². The molecular weight excluding hydrogens is 214 g/mol. The van der Waals surface area contributed by atoms with Crippen molar-refractivity contribution in [2.24, 2.45) is 5.10 Å². The van der Waals surface area contributed by atoms with E-state index in [-0.39, 0.29) is 5.75 Å². The Balaban J connectivity index is 2.18. The van der Waals surface area contributed by atoms with Crippen molar-refractivity contribution in [3.05, 3.63) is 35.9 Å². The molecule has 0 aliphatic heterocycles. The summed E-state index contributed by atoms with van der Waals surface area (Å²) in [6, 6.07) is 5.27. The summed E-state index contributed by atoms with van der Waals surface area (Å²) in [7, 11) is 0. The van der Waals surface area contributed by atoms with Gasteiger partial charge < -0.3 is 10.5 Å². The maximum absolute atomic E-state index is 9.63. The van der Waals surface area contributed by atoms with Crippen LogP contribution in [0.1, 0.15) is 18.4 Å². The van der Waals surface area contributed by atoms with Gasteiger partial charge in [0.25, 0.3) is 0 Å². The summed E-state index contributed by atoms with van der Waals surface area (Å²) in [5.41, 5.74) is 5.54. The highest BCUT2D eigenvalue weighted by Crippen LogP contribution is 2.23. The number of phenolic OH excluding ortho intramolecular Hbond substituents is 1. The van der Waals surface area contributed by atoms with Gasteiger partial charge in [-0.2, -0.15) is 5.10 Å². The fourth-order valence-electron chi connectivity index (χ4n) is 1.62. The summed E-state index contributed by atoms with van der Waals surface area (Å²) in [5, 5.41) is 21.5. The van der Waals surface area contributed by atoms with Crippen molar-refractivity contribution in [3.8, 4) is 5.75 Å². The highest BCUT2D eigenvalue weighted by molar-refractivity contribution is 6.46. The van der Waals surface area contributed by atoms with Crippen molar-refractivity contribution in [2.45, 2.75) is 19.8 Å². The van der Waals surface area contributed by atoms with E-state index in [1.807, 2.05) is 31.2 Å². The number of rotatable bonds is 2. The zero-order chi connectivity index (χ0) is 12.3. The van der Waals surface area contributed by atoms with Gasteiger partial charge in [-0.3, -0.25) is 5.43 Å². The third-order valence-electron chi connectivity index (χ3n) is 2.59. The normalized spacial score (nSPS) is 17.5. The molecule has 0 amide bonds. The van der Waals surface area contributed by atoms with Crippen LogP contribution in [-0.2, 0) is 0 Å². The fourth-order valence-corrected chi connectivity index (χ4v) is 1.62. The standard InChI is InChI=1S/C13H15N3O/c1-9-6-7-13(17)12(8-9)16-15-11-5-3-2-4-10(11)14/h3,5-8,14,16-17H,2,4H2,1H3/b14-10?,15-11-. The molecule has 3 N–H and O–H groups in total. The minimum absolute atomic E-state index is 0.159. The van der Waals surface area contributed by atoms with Gasteiger partial charge in [-0.1, -0.05) is 12.1 Å². The van der Waals surface area contributed by atoms with Crippen LogP contribution in [0, 0.1) is 12.3 Å². The van der Waals surface area contributed by atoms with E-state index < -0.39 is 0 Å².